The van der Waals surface area contributed by atoms with Gasteiger partial charge in [0.1, 0.15) is 23.5 Å². The molecule has 0 saturated heterocycles. The molecule has 2 aromatic rings. The number of rotatable bonds is 10. The summed E-state index contributed by atoms with van der Waals surface area (Å²) >= 11 is 0. The molecule has 158 valence electrons. The molecule has 0 aliphatic heterocycles. The molecule has 0 spiro atoms. The van der Waals surface area contributed by atoms with E-state index >= 15 is 0 Å². The van der Waals surface area contributed by atoms with Crippen LogP contribution in [0.15, 0.2) is 48.5 Å². The number of esters is 1. The van der Waals surface area contributed by atoms with Crippen molar-refractivity contribution in [2.45, 2.75) is 19.4 Å². The summed E-state index contributed by atoms with van der Waals surface area (Å²) in [5.41, 5.74) is 12.2. The molecule has 2 aromatic carbocycles. The van der Waals surface area contributed by atoms with E-state index < -0.39 is 17.9 Å². The van der Waals surface area contributed by atoms with Gasteiger partial charge in [-0.05, 0) is 31.2 Å². The van der Waals surface area contributed by atoms with Crippen molar-refractivity contribution in [2.75, 3.05) is 13.2 Å². The summed E-state index contributed by atoms with van der Waals surface area (Å²) in [7, 11) is 0. The average Bonchev–Trinajstić information content (AvgIpc) is 2.73. The van der Waals surface area contributed by atoms with Crippen LogP contribution in [0.4, 0.5) is 0 Å². The van der Waals surface area contributed by atoms with Crippen LogP contribution in [0.2, 0.25) is 0 Å². The number of amides is 1. The molecule has 0 bridgehead atoms. The van der Waals surface area contributed by atoms with E-state index in [-0.39, 0.29) is 31.3 Å². The van der Waals surface area contributed by atoms with Crippen molar-refractivity contribution >= 4 is 23.5 Å². The van der Waals surface area contributed by atoms with Crippen LogP contribution in [-0.2, 0) is 9.53 Å². The zero-order chi connectivity index (χ0) is 22.1. The number of ether oxygens (including phenoxy) is 2. The van der Waals surface area contributed by atoms with Crippen LogP contribution in [0.3, 0.4) is 0 Å². The van der Waals surface area contributed by atoms with Gasteiger partial charge in [0.05, 0.1) is 13.2 Å². The van der Waals surface area contributed by atoms with Crippen LogP contribution in [0, 0.1) is 10.8 Å². The molecule has 30 heavy (non-hydrogen) atoms. The summed E-state index contributed by atoms with van der Waals surface area (Å²) in [6.45, 7) is 2.00. The number of carbonyl (C=O) groups is 2. The maximum Gasteiger partial charge on any atom is 0.328 e. The number of amidine groups is 2. The molecule has 0 aromatic heterocycles. The molecule has 0 fully saturated rings. The van der Waals surface area contributed by atoms with Gasteiger partial charge in [0.15, 0.2) is 0 Å². The second-order valence-electron chi connectivity index (χ2n) is 6.35. The molecule has 0 saturated carbocycles. The van der Waals surface area contributed by atoms with Crippen LogP contribution in [-0.4, -0.2) is 42.8 Å². The lowest BCUT2D eigenvalue weighted by Crippen LogP contribution is -2.42. The molecule has 9 nitrogen and oxygen atoms in total. The Balaban J connectivity index is 2.02. The van der Waals surface area contributed by atoms with E-state index in [0.717, 1.165) is 0 Å². The second-order valence-corrected chi connectivity index (χ2v) is 6.35. The molecular formula is C21H25N5O4. The number of nitrogens with one attached hydrogen (secondary N) is 3. The van der Waals surface area contributed by atoms with Crippen molar-refractivity contribution in [3.05, 3.63) is 65.2 Å². The maximum absolute atomic E-state index is 12.5. The number of nitrogens with two attached hydrogens (primary N) is 2. The molecule has 0 heterocycles. The van der Waals surface area contributed by atoms with Crippen LogP contribution >= 0.6 is 0 Å². The van der Waals surface area contributed by atoms with E-state index in [9.17, 15) is 9.59 Å². The third kappa shape index (κ3) is 6.33. The minimum Gasteiger partial charge on any atom is -0.493 e. The molecule has 1 atom stereocenters. The Hall–Kier alpha value is -3.88. The first-order valence-corrected chi connectivity index (χ1v) is 9.31. The average molecular weight is 411 g/mol. The third-order valence-corrected chi connectivity index (χ3v) is 4.15. The summed E-state index contributed by atoms with van der Waals surface area (Å²) < 4.78 is 10.7. The van der Waals surface area contributed by atoms with Gasteiger partial charge >= 0.3 is 5.97 Å². The molecule has 2 rings (SSSR count). The van der Waals surface area contributed by atoms with Gasteiger partial charge < -0.3 is 26.3 Å². The number of hydrogen-bond acceptors (Lipinski definition) is 6. The smallest absolute Gasteiger partial charge is 0.328 e. The van der Waals surface area contributed by atoms with Crippen LogP contribution < -0.4 is 21.5 Å². The van der Waals surface area contributed by atoms with E-state index in [2.05, 4.69) is 5.32 Å². The summed E-state index contributed by atoms with van der Waals surface area (Å²) in [5.74, 6) is -0.698. The lowest BCUT2D eigenvalue weighted by Gasteiger charge is -2.18. The van der Waals surface area contributed by atoms with E-state index in [0.29, 0.717) is 22.4 Å². The molecule has 0 unspecified atom stereocenters. The predicted molar refractivity (Wildman–Crippen MR) is 113 cm³/mol. The van der Waals surface area contributed by atoms with E-state index in [1.165, 1.54) is 12.1 Å². The number of carbonyl (C=O) groups excluding carboxylic acids is 2. The third-order valence-electron chi connectivity index (χ3n) is 4.15. The predicted octanol–water partition coefficient (Wildman–Crippen LogP) is 1.39. The van der Waals surface area contributed by atoms with E-state index in [1.54, 1.807) is 43.3 Å². The van der Waals surface area contributed by atoms with Gasteiger partial charge in [-0.15, -0.1) is 0 Å². The Morgan fingerprint density at radius 1 is 1.00 bits per heavy atom. The first kappa shape index (κ1) is 22.4. The van der Waals surface area contributed by atoms with Gasteiger partial charge in [-0.2, -0.15) is 0 Å². The fraction of sp³-hybridized carbons (Fsp3) is 0.238. The van der Waals surface area contributed by atoms with Crippen molar-refractivity contribution in [3.8, 4) is 5.75 Å². The first-order valence-electron chi connectivity index (χ1n) is 9.31. The highest BCUT2D eigenvalue weighted by Crippen LogP contribution is 2.14. The van der Waals surface area contributed by atoms with E-state index in [1.807, 2.05) is 0 Å². The highest BCUT2D eigenvalue weighted by molar-refractivity contribution is 5.99. The molecule has 0 radical (unpaired) electrons. The van der Waals surface area contributed by atoms with Gasteiger partial charge in [-0.3, -0.25) is 15.6 Å². The normalized spacial score (nSPS) is 11.2. The Morgan fingerprint density at radius 3 is 2.23 bits per heavy atom. The number of benzene rings is 2. The molecule has 0 aliphatic carbocycles. The van der Waals surface area contributed by atoms with Gasteiger partial charge in [0, 0.05) is 23.1 Å². The zero-order valence-corrected chi connectivity index (χ0v) is 16.6. The van der Waals surface area contributed by atoms with Gasteiger partial charge in [0.25, 0.3) is 5.91 Å². The largest absolute Gasteiger partial charge is 0.493 e. The molecule has 9 heteroatoms. The highest BCUT2D eigenvalue weighted by atomic mass is 16.5. The summed E-state index contributed by atoms with van der Waals surface area (Å²) in [4.78, 5) is 24.8. The van der Waals surface area contributed by atoms with Crippen molar-refractivity contribution < 1.29 is 19.1 Å². The van der Waals surface area contributed by atoms with Crippen molar-refractivity contribution in [3.63, 3.8) is 0 Å². The van der Waals surface area contributed by atoms with Crippen molar-refractivity contribution in [1.82, 2.24) is 5.32 Å². The van der Waals surface area contributed by atoms with Gasteiger partial charge in [-0.25, -0.2) is 4.79 Å². The molecule has 0 aliphatic rings. The Kier molecular flexibility index (Phi) is 7.92. The highest BCUT2D eigenvalue weighted by Gasteiger charge is 2.23. The van der Waals surface area contributed by atoms with Crippen LogP contribution in [0.25, 0.3) is 0 Å². The Morgan fingerprint density at radius 2 is 1.63 bits per heavy atom. The SMILES string of the molecule is CCOC(=O)[C@H](CCOc1cccc(C(=N)N)c1)NC(=O)c1ccc(C(=N)N)cc1. The van der Waals surface area contributed by atoms with Gasteiger partial charge in [-0.1, -0.05) is 24.3 Å². The van der Waals surface area contributed by atoms with Crippen molar-refractivity contribution in [1.29, 1.82) is 10.8 Å². The lowest BCUT2D eigenvalue weighted by atomic mass is 10.1. The minimum atomic E-state index is -0.902. The minimum absolute atomic E-state index is 0.0760. The van der Waals surface area contributed by atoms with Crippen LogP contribution in [0.1, 0.15) is 34.8 Å². The summed E-state index contributed by atoms with van der Waals surface area (Å²) in [6.07, 6.45) is 0.181. The quantitative estimate of drug-likeness (QED) is 0.225. The maximum atomic E-state index is 12.5. The fourth-order valence-corrected chi connectivity index (χ4v) is 2.58. The Bertz CT molecular complexity index is 927. The molecular weight excluding hydrogens is 386 g/mol. The summed E-state index contributed by atoms with van der Waals surface area (Å²) in [6, 6.07) is 12.0. The summed E-state index contributed by atoms with van der Waals surface area (Å²) in [5, 5.41) is 17.5. The molecule has 1 amide bonds. The Labute approximate surface area is 174 Å². The number of nitrogen functional groups attached to an aromatic ring is 2. The fourth-order valence-electron chi connectivity index (χ4n) is 2.58. The van der Waals surface area contributed by atoms with Crippen molar-refractivity contribution in [2.24, 2.45) is 11.5 Å². The van der Waals surface area contributed by atoms with E-state index in [4.69, 9.17) is 31.8 Å². The monoisotopic (exact) mass is 411 g/mol. The van der Waals surface area contributed by atoms with Crippen LogP contribution in [0.5, 0.6) is 5.75 Å². The number of hydrogen-bond donors (Lipinski definition) is 5. The van der Waals surface area contributed by atoms with Gasteiger partial charge in [0.2, 0.25) is 0 Å². The zero-order valence-electron chi connectivity index (χ0n) is 16.6. The standard InChI is InChI=1S/C21H25N5O4/c1-2-29-21(28)17(10-11-30-16-5-3-4-15(12-16)19(24)25)26-20(27)14-8-6-13(7-9-14)18(22)23/h3-9,12,17H,2,10-11H2,1H3,(H3,22,23)(H3,24,25)(H,26,27)/t17-/m0/s1. The lowest BCUT2D eigenvalue weighted by molar-refractivity contribution is -0.145. The second kappa shape index (κ2) is 10.6. The first-order chi connectivity index (χ1) is 14.3. The topological polar surface area (TPSA) is 164 Å². The molecule has 7 N–H and O–H groups in total.